The second-order valence-electron chi connectivity index (χ2n) is 9.50. The Morgan fingerprint density at radius 2 is 1.71 bits per heavy atom. The van der Waals surface area contributed by atoms with Gasteiger partial charge in [-0.05, 0) is 65.2 Å². The Kier molecular flexibility index (Phi) is 8.40. The van der Waals surface area contributed by atoms with Crippen molar-refractivity contribution in [3.63, 3.8) is 0 Å². The summed E-state index contributed by atoms with van der Waals surface area (Å²) in [6.07, 6.45) is 1.77. The maximum absolute atomic E-state index is 13.5. The molecule has 8 nitrogen and oxygen atoms in total. The molecule has 0 aliphatic carbocycles. The lowest BCUT2D eigenvalue weighted by Gasteiger charge is -2.22. The van der Waals surface area contributed by atoms with E-state index in [9.17, 15) is 4.79 Å². The van der Waals surface area contributed by atoms with Gasteiger partial charge in [0, 0.05) is 29.4 Å². The van der Waals surface area contributed by atoms with Crippen molar-refractivity contribution in [2.24, 2.45) is 5.73 Å². The summed E-state index contributed by atoms with van der Waals surface area (Å²) in [6.45, 7) is 0.726. The second kappa shape index (κ2) is 12.7. The molecule has 5 N–H and O–H groups in total. The number of benzene rings is 4. The first-order valence-electron chi connectivity index (χ1n) is 13.2. The summed E-state index contributed by atoms with van der Waals surface area (Å²) < 4.78 is 11.8. The van der Waals surface area contributed by atoms with Gasteiger partial charge in [-0.15, -0.1) is 0 Å². The molecule has 0 saturated carbocycles. The second-order valence-corrected chi connectivity index (χ2v) is 9.50. The molecule has 1 amide bonds. The molecule has 0 bridgehead atoms. The fraction of sp³-hybridized carbons (Fsp3) is 0.121. The fourth-order valence-corrected chi connectivity index (χ4v) is 4.45. The van der Waals surface area contributed by atoms with Crippen molar-refractivity contribution in [1.29, 1.82) is 5.41 Å². The minimum atomic E-state index is -0.726. The quantitative estimate of drug-likeness (QED) is 0.127. The monoisotopic (exact) mass is 545 g/mol. The van der Waals surface area contributed by atoms with Crippen LogP contribution >= 0.6 is 0 Å². The van der Waals surface area contributed by atoms with Gasteiger partial charge in [0.25, 0.3) is 0 Å². The van der Waals surface area contributed by atoms with E-state index < -0.39 is 6.04 Å². The number of methoxy groups -OCH3 is 1. The molecule has 0 saturated heterocycles. The number of fused-ring (bicyclic) bond motifs is 1. The van der Waals surface area contributed by atoms with Crippen molar-refractivity contribution in [2.75, 3.05) is 12.4 Å². The van der Waals surface area contributed by atoms with E-state index in [0.717, 1.165) is 22.0 Å². The average molecular weight is 546 g/mol. The number of nitrogens with one attached hydrogen (secondary N) is 3. The Labute approximate surface area is 238 Å². The summed E-state index contributed by atoms with van der Waals surface area (Å²) in [6, 6.07) is 31.5. The number of amidine groups is 1. The molecule has 0 radical (unpaired) electrons. The van der Waals surface area contributed by atoms with E-state index in [1.807, 2.05) is 72.8 Å². The number of anilines is 1. The third kappa shape index (κ3) is 6.80. The molecule has 5 aromatic rings. The Balaban J connectivity index is 1.37. The van der Waals surface area contributed by atoms with Gasteiger partial charge in [0.15, 0.2) is 11.5 Å². The van der Waals surface area contributed by atoms with Gasteiger partial charge in [-0.3, -0.25) is 15.2 Å². The molecule has 1 heterocycles. The van der Waals surface area contributed by atoms with Crippen molar-refractivity contribution < 1.29 is 14.3 Å². The zero-order valence-corrected chi connectivity index (χ0v) is 22.6. The number of carbonyl (C=O) groups is 1. The number of hydrogen-bond donors (Lipinski definition) is 4. The highest BCUT2D eigenvalue weighted by molar-refractivity contribution is 5.95. The largest absolute Gasteiger partial charge is 0.493 e. The summed E-state index contributed by atoms with van der Waals surface area (Å²) in [5.74, 6) is 0.848. The topological polar surface area (TPSA) is 122 Å². The molecule has 0 aliphatic heterocycles. The highest BCUT2D eigenvalue weighted by Crippen LogP contribution is 2.32. The van der Waals surface area contributed by atoms with Crippen LogP contribution in [0.4, 0.5) is 5.69 Å². The first kappa shape index (κ1) is 27.2. The van der Waals surface area contributed by atoms with Gasteiger partial charge in [0.05, 0.1) is 12.6 Å². The number of rotatable bonds is 11. The number of carbonyl (C=O) groups excluding carboxylic acids is 1. The van der Waals surface area contributed by atoms with E-state index in [4.69, 9.17) is 20.6 Å². The van der Waals surface area contributed by atoms with E-state index in [1.165, 1.54) is 0 Å². The zero-order chi connectivity index (χ0) is 28.6. The van der Waals surface area contributed by atoms with Gasteiger partial charge in [0.1, 0.15) is 18.5 Å². The number of nitrogen functional groups attached to an aromatic ring is 1. The van der Waals surface area contributed by atoms with E-state index in [2.05, 4.69) is 15.6 Å². The Bertz CT molecular complexity index is 1660. The van der Waals surface area contributed by atoms with Crippen LogP contribution in [0, 0.1) is 5.41 Å². The summed E-state index contributed by atoms with van der Waals surface area (Å²) in [4.78, 5) is 17.9. The number of aromatic nitrogens is 1. The molecule has 5 rings (SSSR count). The van der Waals surface area contributed by atoms with Crippen molar-refractivity contribution >= 4 is 28.3 Å². The third-order valence-electron chi connectivity index (χ3n) is 6.66. The molecule has 0 aliphatic rings. The van der Waals surface area contributed by atoms with Gasteiger partial charge in [0.2, 0.25) is 5.91 Å². The lowest BCUT2D eigenvalue weighted by atomic mass is 10.0. The Morgan fingerprint density at radius 3 is 2.46 bits per heavy atom. The molecular formula is C33H31N5O3. The molecule has 8 heteroatoms. The molecule has 1 atom stereocenters. The number of ether oxygens (including phenoxy) is 2. The molecule has 41 heavy (non-hydrogen) atoms. The average Bonchev–Trinajstić information content (AvgIpc) is 3.02. The van der Waals surface area contributed by atoms with Crippen LogP contribution in [0.15, 0.2) is 109 Å². The first-order valence-corrected chi connectivity index (χ1v) is 13.2. The van der Waals surface area contributed by atoms with Crippen LogP contribution in [0.3, 0.4) is 0 Å². The number of nitrogens with two attached hydrogens (primary N) is 1. The van der Waals surface area contributed by atoms with Crippen LogP contribution in [0.1, 0.15) is 28.3 Å². The van der Waals surface area contributed by atoms with Crippen LogP contribution < -0.4 is 25.8 Å². The molecule has 206 valence electrons. The lowest BCUT2D eigenvalue weighted by Crippen LogP contribution is -2.33. The number of nitrogens with zero attached hydrogens (tertiary/aromatic N) is 1. The van der Waals surface area contributed by atoms with Crippen LogP contribution in [0.25, 0.3) is 10.9 Å². The van der Waals surface area contributed by atoms with Crippen molar-refractivity contribution in [3.05, 3.63) is 132 Å². The van der Waals surface area contributed by atoms with Gasteiger partial charge in [-0.1, -0.05) is 54.6 Å². The van der Waals surface area contributed by atoms with Gasteiger partial charge in [-0.2, -0.15) is 0 Å². The molecule has 0 fully saturated rings. The van der Waals surface area contributed by atoms with Gasteiger partial charge < -0.3 is 25.8 Å². The normalized spacial score (nSPS) is 11.4. The van der Waals surface area contributed by atoms with E-state index in [1.54, 1.807) is 43.6 Å². The van der Waals surface area contributed by atoms with Crippen molar-refractivity contribution in [1.82, 2.24) is 10.3 Å². The van der Waals surface area contributed by atoms with Crippen LogP contribution in [0.5, 0.6) is 11.5 Å². The van der Waals surface area contributed by atoms with Crippen molar-refractivity contribution in [3.8, 4) is 11.5 Å². The van der Waals surface area contributed by atoms with Crippen LogP contribution in [0.2, 0.25) is 0 Å². The highest BCUT2D eigenvalue weighted by Gasteiger charge is 2.22. The Morgan fingerprint density at radius 1 is 0.902 bits per heavy atom. The maximum Gasteiger partial charge on any atom is 0.247 e. The first-order chi connectivity index (χ1) is 20.0. The number of hydrogen-bond acceptors (Lipinski definition) is 6. The summed E-state index contributed by atoms with van der Waals surface area (Å²) in [5, 5.41) is 15.1. The zero-order valence-electron chi connectivity index (χ0n) is 22.6. The molecular weight excluding hydrogens is 514 g/mol. The Hall–Kier alpha value is -5.37. The number of amides is 1. The van der Waals surface area contributed by atoms with E-state index in [0.29, 0.717) is 41.5 Å². The maximum atomic E-state index is 13.5. The smallest absolute Gasteiger partial charge is 0.247 e. The van der Waals surface area contributed by atoms with Gasteiger partial charge >= 0.3 is 0 Å². The molecule has 1 aromatic heterocycles. The molecule has 4 aromatic carbocycles. The number of pyridine rings is 1. The van der Waals surface area contributed by atoms with Crippen molar-refractivity contribution in [2.45, 2.75) is 19.2 Å². The third-order valence-corrected chi connectivity index (χ3v) is 6.66. The lowest BCUT2D eigenvalue weighted by molar-refractivity contribution is -0.122. The van der Waals surface area contributed by atoms with Crippen LogP contribution in [-0.2, 0) is 17.9 Å². The fourth-order valence-electron chi connectivity index (χ4n) is 4.45. The molecule has 0 spiro atoms. The van der Waals surface area contributed by atoms with Crippen LogP contribution in [-0.4, -0.2) is 23.8 Å². The predicted molar refractivity (Wildman–Crippen MR) is 161 cm³/mol. The SMILES string of the molecule is COc1cc(C(Nc2ccc(C(=N)N)cc2)C(=O)NCc2ccccc2)ccc1OCc1ccc2cccnc2c1. The summed E-state index contributed by atoms with van der Waals surface area (Å²) in [7, 11) is 1.57. The highest BCUT2D eigenvalue weighted by atomic mass is 16.5. The standard InChI is InChI=1S/C33H31N5O3/c1-40-30-19-26(13-16-29(30)41-21-23-9-10-24-8-5-17-36-28(24)18-23)31(33(39)37-20-22-6-3-2-4-7-22)38-27-14-11-25(12-15-27)32(34)35/h2-19,31,38H,20-21H2,1H3,(H3,34,35)(H,37,39). The minimum Gasteiger partial charge on any atom is -0.493 e. The van der Waals surface area contributed by atoms with E-state index in [-0.39, 0.29) is 11.7 Å². The minimum absolute atomic E-state index is 0.0195. The predicted octanol–water partition coefficient (Wildman–Crippen LogP) is 5.58. The molecule has 1 unspecified atom stereocenters. The summed E-state index contributed by atoms with van der Waals surface area (Å²) >= 11 is 0. The van der Waals surface area contributed by atoms with Gasteiger partial charge in [-0.25, -0.2) is 0 Å². The van der Waals surface area contributed by atoms with E-state index >= 15 is 0 Å². The summed E-state index contributed by atoms with van der Waals surface area (Å²) in [5.41, 5.74) is 10.5.